The SMILES string of the molecule is COc1nc(C)nc(N(C)CC(C)(CO)CO)c1C. The fourth-order valence-corrected chi connectivity index (χ4v) is 1.96. The molecule has 1 rings (SSSR count). The number of methoxy groups -OCH3 is 1. The molecule has 0 unspecified atom stereocenters. The molecule has 6 heteroatoms. The number of hydrogen-bond donors (Lipinski definition) is 2. The van der Waals surface area contributed by atoms with Gasteiger partial charge in [-0.25, -0.2) is 4.98 Å². The first-order valence-electron chi connectivity index (χ1n) is 6.19. The van der Waals surface area contributed by atoms with Gasteiger partial charge in [0.2, 0.25) is 5.88 Å². The minimum atomic E-state index is -0.576. The fraction of sp³-hybridized carbons (Fsp3) is 0.692. The number of anilines is 1. The summed E-state index contributed by atoms with van der Waals surface area (Å²) in [5.41, 5.74) is 0.265. The van der Waals surface area contributed by atoms with Crippen molar-refractivity contribution in [1.29, 1.82) is 0 Å². The van der Waals surface area contributed by atoms with E-state index < -0.39 is 5.41 Å². The Kier molecular flexibility index (Phi) is 5.08. The van der Waals surface area contributed by atoms with E-state index in [1.165, 1.54) is 0 Å². The van der Waals surface area contributed by atoms with Gasteiger partial charge in [0.05, 0.1) is 25.9 Å². The summed E-state index contributed by atoms with van der Waals surface area (Å²) in [6.45, 7) is 5.82. The van der Waals surface area contributed by atoms with E-state index in [0.29, 0.717) is 18.2 Å². The fourth-order valence-electron chi connectivity index (χ4n) is 1.96. The minimum Gasteiger partial charge on any atom is -0.481 e. The third kappa shape index (κ3) is 3.54. The summed E-state index contributed by atoms with van der Waals surface area (Å²) in [7, 11) is 3.45. The molecule has 0 radical (unpaired) electrons. The van der Waals surface area contributed by atoms with Crippen LogP contribution in [-0.2, 0) is 0 Å². The number of aliphatic hydroxyl groups is 2. The van der Waals surface area contributed by atoms with Gasteiger partial charge in [0.1, 0.15) is 11.6 Å². The van der Waals surface area contributed by atoms with E-state index in [1.807, 2.05) is 25.8 Å². The summed E-state index contributed by atoms with van der Waals surface area (Å²) in [6, 6.07) is 0. The van der Waals surface area contributed by atoms with Crippen LogP contribution in [0.15, 0.2) is 0 Å². The lowest BCUT2D eigenvalue weighted by atomic mass is 9.92. The summed E-state index contributed by atoms with van der Waals surface area (Å²) in [5, 5.41) is 18.7. The van der Waals surface area contributed by atoms with Crippen LogP contribution in [-0.4, -0.2) is 54.1 Å². The van der Waals surface area contributed by atoms with Crippen LogP contribution in [0.1, 0.15) is 18.3 Å². The van der Waals surface area contributed by atoms with Crippen molar-refractivity contribution in [3.05, 3.63) is 11.4 Å². The second-order valence-electron chi connectivity index (χ2n) is 5.21. The van der Waals surface area contributed by atoms with Gasteiger partial charge in [0.15, 0.2) is 0 Å². The van der Waals surface area contributed by atoms with Gasteiger partial charge in [-0.1, -0.05) is 6.92 Å². The predicted octanol–water partition coefficient (Wildman–Crippen LogP) is 0.529. The molecular weight excluding hydrogens is 246 g/mol. The molecule has 0 bridgehead atoms. The highest BCUT2D eigenvalue weighted by atomic mass is 16.5. The third-order valence-electron chi connectivity index (χ3n) is 3.12. The zero-order chi connectivity index (χ0) is 14.6. The van der Waals surface area contributed by atoms with Crippen LogP contribution in [0.4, 0.5) is 5.82 Å². The van der Waals surface area contributed by atoms with E-state index in [0.717, 1.165) is 11.4 Å². The maximum atomic E-state index is 9.36. The van der Waals surface area contributed by atoms with E-state index in [1.54, 1.807) is 14.0 Å². The lowest BCUT2D eigenvalue weighted by molar-refractivity contribution is 0.0761. The number of aryl methyl sites for hydroxylation is 1. The molecule has 2 N–H and O–H groups in total. The Bertz CT molecular complexity index is 433. The van der Waals surface area contributed by atoms with Gasteiger partial charge in [0, 0.05) is 19.0 Å². The Balaban J connectivity index is 3.06. The Morgan fingerprint density at radius 2 is 1.79 bits per heavy atom. The highest BCUT2D eigenvalue weighted by molar-refractivity contribution is 5.50. The molecule has 6 nitrogen and oxygen atoms in total. The standard InChI is InChI=1S/C13H23N3O3/c1-9-11(14-10(2)15-12(9)19-5)16(4)6-13(3,7-17)8-18/h17-18H,6-8H2,1-5H3. The van der Waals surface area contributed by atoms with Crippen LogP contribution in [0.2, 0.25) is 0 Å². The zero-order valence-corrected chi connectivity index (χ0v) is 12.3. The van der Waals surface area contributed by atoms with Crippen LogP contribution in [0.25, 0.3) is 0 Å². The first-order chi connectivity index (χ1) is 8.86. The van der Waals surface area contributed by atoms with Gasteiger partial charge in [-0.15, -0.1) is 0 Å². The number of aliphatic hydroxyl groups excluding tert-OH is 2. The monoisotopic (exact) mass is 269 g/mol. The molecule has 0 aliphatic carbocycles. The second-order valence-corrected chi connectivity index (χ2v) is 5.21. The van der Waals surface area contributed by atoms with Gasteiger partial charge < -0.3 is 19.8 Å². The molecule has 0 aromatic carbocycles. The Morgan fingerprint density at radius 3 is 2.26 bits per heavy atom. The molecule has 0 fully saturated rings. The van der Waals surface area contributed by atoms with Gasteiger partial charge in [0.25, 0.3) is 0 Å². The number of rotatable bonds is 6. The molecule has 1 heterocycles. The maximum absolute atomic E-state index is 9.36. The van der Waals surface area contributed by atoms with Gasteiger partial charge in [-0.3, -0.25) is 0 Å². The lowest BCUT2D eigenvalue weighted by Crippen LogP contribution is -2.39. The molecule has 19 heavy (non-hydrogen) atoms. The van der Waals surface area contributed by atoms with Crippen molar-refractivity contribution in [3.8, 4) is 5.88 Å². The van der Waals surface area contributed by atoms with Crippen LogP contribution >= 0.6 is 0 Å². The number of ether oxygens (including phenoxy) is 1. The highest BCUT2D eigenvalue weighted by Crippen LogP contribution is 2.26. The van der Waals surface area contributed by atoms with Crippen molar-refractivity contribution < 1.29 is 14.9 Å². The average Bonchev–Trinajstić information content (AvgIpc) is 2.40. The smallest absolute Gasteiger partial charge is 0.221 e. The number of aromatic nitrogens is 2. The molecular formula is C13H23N3O3. The van der Waals surface area contributed by atoms with Crippen molar-refractivity contribution in [2.75, 3.05) is 38.8 Å². The molecule has 0 atom stereocenters. The summed E-state index contributed by atoms with van der Waals surface area (Å²) < 4.78 is 5.22. The predicted molar refractivity (Wildman–Crippen MR) is 73.6 cm³/mol. The molecule has 0 amide bonds. The zero-order valence-electron chi connectivity index (χ0n) is 12.3. The Hall–Kier alpha value is -1.40. The third-order valence-corrected chi connectivity index (χ3v) is 3.12. The van der Waals surface area contributed by atoms with Crippen LogP contribution < -0.4 is 9.64 Å². The van der Waals surface area contributed by atoms with Gasteiger partial charge >= 0.3 is 0 Å². The second kappa shape index (κ2) is 6.16. The molecule has 1 aromatic rings. The van der Waals surface area contributed by atoms with Crippen LogP contribution in [0.5, 0.6) is 5.88 Å². The molecule has 1 aromatic heterocycles. The molecule has 0 saturated heterocycles. The summed E-state index contributed by atoms with van der Waals surface area (Å²) in [4.78, 5) is 10.5. The molecule has 108 valence electrons. The van der Waals surface area contributed by atoms with E-state index >= 15 is 0 Å². The van der Waals surface area contributed by atoms with Crippen molar-refractivity contribution in [2.24, 2.45) is 5.41 Å². The number of nitrogens with zero attached hydrogens (tertiary/aromatic N) is 3. The summed E-state index contributed by atoms with van der Waals surface area (Å²) in [5.74, 6) is 1.92. The van der Waals surface area contributed by atoms with E-state index in [-0.39, 0.29) is 13.2 Å². The molecule has 0 aliphatic rings. The maximum Gasteiger partial charge on any atom is 0.221 e. The largest absolute Gasteiger partial charge is 0.481 e. The first-order valence-corrected chi connectivity index (χ1v) is 6.19. The Labute approximate surface area is 114 Å². The van der Waals surface area contributed by atoms with Gasteiger partial charge in [-0.05, 0) is 13.8 Å². The normalized spacial score (nSPS) is 11.5. The Morgan fingerprint density at radius 1 is 1.21 bits per heavy atom. The molecule has 0 spiro atoms. The quantitative estimate of drug-likeness (QED) is 0.784. The van der Waals surface area contributed by atoms with Crippen molar-refractivity contribution in [3.63, 3.8) is 0 Å². The van der Waals surface area contributed by atoms with Crippen molar-refractivity contribution in [1.82, 2.24) is 9.97 Å². The number of hydrogen-bond acceptors (Lipinski definition) is 6. The summed E-state index contributed by atoms with van der Waals surface area (Å²) in [6.07, 6.45) is 0. The summed E-state index contributed by atoms with van der Waals surface area (Å²) >= 11 is 0. The van der Waals surface area contributed by atoms with E-state index in [2.05, 4.69) is 9.97 Å². The van der Waals surface area contributed by atoms with E-state index in [4.69, 9.17) is 4.74 Å². The van der Waals surface area contributed by atoms with Crippen molar-refractivity contribution in [2.45, 2.75) is 20.8 Å². The highest BCUT2D eigenvalue weighted by Gasteiger charge is 2.26. The van der Waals surface area contributed by atoms with E-state index in [9.17, 15) is 10.2 Å². The minimum absolute atomic E-state index is 0.0892. The lowest BCUT2D eigenvalue weighted by Gasteiger charge is -2.31. The molecule has 0 aliphatic heterocycles. The first kappa shape index (κ1) is 15.7. The van der Waals surface area contributed by atoms with Crippen LogP contribution in [0, 0.1) is 19.3 Å². The topological polar surface area (TPSA) is 78.7 Å². The van der Waals surface area contributed by atoms with Crippen LogP contribution in [0.3, 0.4) is 0 Å². The van der Waals surface area contributed by atoms with Crippen molar-refractivity contribution >= 4 is 5.82 Å². The van der Waals surface area contributed by atoms with Gasteiger partial charge in [-0.2, -0.15) is 4.98 Å². The molecule has 0 saturated carbocycles. The average molecular weight is 269 g/mol.